The van der Waals surface area contributed by atoms with E-state index in [9.17, 15) is 0 Å². The van der Waals surface area contributed by atoms with Gasteiger partial charge >= 0.3 is 0 Å². The largest absolute Gasteiger partial charge is 0.490 e. The zero-order chi connectivity index (χ0) is 12.3. The van der Waals surface area contributed by atoms with Crippen LogP contribution in [0.4, 0.5) is 5.69 Å². The van der Waals surface area contributed by atoms with Crippen molar-refractivity contribution in [3.8, 4) is 5.75 Å². The summed E-state index contributed by atoms with van der Waals surface area (Å²) < 4.78 is 6.05. The molecular formula is C14H20ClNO. The minimum atomic E-state index is 0.341. The molecule has 1 aromatic carbocycles. The number of ether oxygens (including phenoxy) is 1. The molecule has 2 nitrogen and oxygen atoms in total. The minimum Gasteiger partial charge on any atom is -0.490 e. The SMILES string of the molecule is CCC1CCCCC1Oc1ccc(N)c(Cl)c1. The first-order chi connectivity index (χ1) is 8.20. The summed E-state index contributed by atoms with van der Waals surface area (Å²) in [6, 6.07) is 5.53. The molecule has 3 heteroatoms. The van der Waals surface area contributed by atoms with Crippen LogP contribution in [0.5, 0.6) is 5.75 Å². The summed E-state index contributed by atoms with van der Waals surface area (Å²) in [6.45, 7) is 2.24. The molecule has 94 valence electrons. The van der Waals surface area contributed by atoms with Crippen molar-refractivity contribution in [1.29, 1.82) is 0 Å². The van der Waals surface area contributed by atoms with Crippen LogP contribution in [0.1, 0.15) is 39.0 Å². The number of benzene rings is 1. The van der Waals surface area contributed by atoms with E-state index in [1.54, 1.807) is 6.07 Å². The maximum atomic E-state index is 6.05. The molecule has 17 heavy (non-hydrogen) atoms. The average Bonchev–Trinajstić information content (AvgIpc) is 2.34. The second-order valence-electron chi connectivity index (χ2n) is 4.79. The first-order valence-electron chi connectivity index (χ1n) is 6.42. The molecule has 2 N–H and O–H groups in total. The highest BCUT2D eigenvalue weighted by molar-refractivity contribution is 6.33. The second kappa shape index (κ2) is 5.63. The van der Waals surface area contributed by atoms with Gasteiger partial charge in [0.05, 0.1) is 10.7 Å². The fourth-order valence-electron chi connectivity index (χ4n) is 2.55. The monoisotopic (exact) mass is 253 g/mol. The molecule has 0 aliphatic heterocycles. The third kappa shape index (κ3) is 3.06. The zero-order valence-corrected chi connectivity index (χ0v) is 11.0. The van der Waals surface area contributed by atoms with Gasteiger partial charge in [0.2, 0.25) is 0 Å². The van der Waals surface area contributed by atoms with E-state index in [2.05, 4.69) is 6.92 Å². The van der Waals surface area contributed by atoms with E-state index in [0.29, 0.717) is 22.7 Å². The van der Waals surface area contributed by atoms with Gasteiger partial charge in [-0.2, -0.15) is 0 Å². The van der Waals surface area contributed by atoms with E-state index in [1.807, 2.05) is 12.1 Å². The Hall–Kier alpha value is -0.890. The van der Waals surface area contributed by atoms with E-state index in [1.165, 1.54) is 25.7 Å². The van der Waals surface area contributed by atoms with Crippen molar-refractivity contribution in [2.45, 2.75) is 45.1 Å². The van der Waals surface area contributed by atoms with Crippen molar-refractivity contribution in [3.63, 3.8) is 0 Å². The Bertz CT molecular complexity index is 380. The number of nitrogen functional groups attached to an aromatic ring is 1. The highest BCUT2D eigenvalue weighted by Gasteiger charge is 2.25. The number of anilines is 1. The van der Waals surface area contributed by atoms with Gasteiger partial charge in [-0.05, 0) is 43.7 Å². The normalized spacial score (nSPS) is 24.6. The highest BCUT2D eigenvalue weighted by atomic mass is 35.5. The number of hydrogen-bond donors (Lipinski definition) is 1. The van der Waals surface area contributed by atoms with E-state index in [4.69, 9.17) is 22.1 Å². The van der Waals surface area contributed by atoms with Crippen LogP contribution in [0.15, 0.2) is 18.2 Å². The predicted molar refractivity (Wildman–Crippen MR) is 72.5 cm³/mol. The number of hydrogen-bond acceptors (Lipinski definition) is 2. The summed E-state index contributed by atoms with van der Waals surface area (Å²) >= 11 is 6.00. The first-order valence-corrected chi connectivity index (χ1v) is 6.80. The lowest BCUT2D eigenvalue weighted by Gasteiger charge is -2.31. The first kappa shape index (κ1) is 12.6. The summed E-state index contributed by atoms with van der Waals surface area (Å²) in [5, 5.41) is 0.575. The van der Waals surface area contributed by atoms with E-state index in [-0.39, 0.29) is 0 Å². The smallest absolute Gasteiger partial charge is 0.121 e. The minimum absolute atomic E-state index is 0.341. The molecule has 1 aliphatic carbocycles. The topological polar surface area (TPSA) is 35.2 Å². The van der Waals surface area contributed by atoms with Crippen molar-refractivity contribution in [1.82, 2.24) is 0 Å². The summed E-state index contributed by atoms with van der Waals surface area (Å²) in [6.07, 6.45) is 6.57. The van der Waals surface area contributed by atoms with Crippen LogP contribution < -0.4 is 10.5 Å². The molecule has 0 heterocycles. The molecule has 0 saturated heterocycles. The second-order valence-corrected chi connectivity index (χ2v) is 5.20. The van der Waals surface area contributed by atoms with Crippen molar-refractivity contribution in [2.75, 3.05) is 5.73 Å². The van der Waals surface area contributed by atoms with Gasteiger partial charge in [0.1, 0.15) is 11.9 Å². The van der Waals surface area contributed by atoms with Crippen LogP contribution in [0.25, 0.3) is 0 Å². The van der Waals surface area contributed by atoms with Crippen LogP contribution in [0.3, 0.4) is 0 Å². The molecule has 0 amide bonds. The molecule has 1 aromatic rings. The predicted octanol–water partition coefficient (Wildman–Crippen LogP) is 4.27. The fraction of sp³-hybridized carbons (Fsp3) is 0.571. The Morgan fingerprint density at radius 2 is 2.12 bits per heavy atom. The number of halogens is 1. The molecule has 1 saturated carbocycles. The standard InChI is InChI=1S/C14H20ClNO/c1-2-10-5-3-4-6-14(10)17-11-7-8-13(16)12(15)9-11/h7-10,14H,2-6,16H2,1H3. The fourth-order valence-corrected chi connectivity index (χ4v) is 2.72. The molecular weight excluding hydrogens is 234 g/mol. The zero-order valence-electron chi connectivity index (χ0n) is 10.3. The van der Waals surface area contributed by atoms with Gasteiger partial charge in [-0.1, -0.05) is 24.9 Å². The molecule has 2 rings (SSSR count). The highest BCUT2D eigenvalue weighted by Crippen LogP contribution is 2.32. The van der Waals surface area contributed by atoms with Crippen LogP contribution in [0, 0.1) is 5.92 Å². The Kier molecular flexibility index (Phi) is 4.16. The van der Waals surface area contributed by atoms with Gasteiger partial charge < -0.3 is 10.5 Å². The van der Waals surface area contributed by atoms with Gasteiger partial charge in [0.15, 0.2) is 0 Å². The van der Waals surface area contributed by atoms with Crippen molar-refractivity contribution in [2.24, 2.45) is 5.92 Å². The molecule has 1 fully saturated rings. The van der Waals surface area contributed by atoms with Crippen LogP contribution >= 0.6 is 11.6 Å². The van der Waals surface area contributed by atoms with Gasteiger partial charge in [0, 0.05) is 6.07 Å². The van der Waals surface area contributed by atoms with Crippen molar-refractivity contribution in [3.05, 3.63) is 23.2 Å². The van der Waals surface area contributed by atoms with Crippen LogP contribution in [-0.4, -0.2) is 6.10 Å². The number of rotatable bonds is 3. The van der Waals surface area contributed by atoms with E-state index < -0.39 is 0 Å². The Balaban J connectivity index is 2.05. The molecule has 2 unspecified atom stereocenters. The maximum absolute atomic E-state index is 6.05. The molecule has 0 spiro atoms. The summed E-state index contributed by atoms with van der Waals surface area (Å²) in [7, 11) is 0. The third-order valence-electron chi connectivity index (χ3n) is 3.62. The summed E-state index contributed by atoms with van der Waals surface area (Å²) in [5.41, 5.74) is 6.29. The van der Waals surface area contributed by atoms with E-state index >= 15 is 0 Å². The van der Waals surface area contributed by atoms with Crippen LogP contribution in [-0.2, 0) is 0 Å². The molecule has 1 aliphatic rings. The Morgan fingerprint density at radius 3 is 2.82 bits per heavy atom. The lowest BCUT2D eigenvalue weighted by atomic mass is 9.85. The Labute approximate surface area is 108 Å². The molecule has 0 bridgehead atoms. The quantitative estimate of drug-likeness (QED) is 0.817. The van der Waals surface area contributed by atoms with Crippen LogP contribution in [0.2, 0.25) is 5.02 Å². The Morgan fingerprint density at radius 1 is 1.35 bits per heavy atom. The molecule has 0 radical (unpaired) electrons. The van der Waals surface area contributed by atoms with Gasteiger partial charge in [0.25, 0.3) is 0 Å². The lowest BCUT2D eigenvalue weighted by Crippen LogP contribution is -2.29. The van der Waals surface area contributed by atoms with Gasteiger partial charge in [-0.3, -0.25) is 0 Å². The van der Waals surface area contributed by atoms with Gasteiger partial charge in [-0.15, -0.1) is 0 Å². The maximum Gasteiger partial charge on any atom is 0.121 e. The van der Waals surface area contributed by atoms with Crippen molar-refractivity contribution < 1.29 is 4.74 Å². The molecule has 2 atom stereocenters. The summed E-state index contributed by atoms with van der Waals surface area (Å²) in [4.78, 5) is 0. The molecule has 0 aromatic heterocycles. The lowest BCUT2D eigenvalue weighted by molar-refractivity contribution is 0.0904. The number of nitrogens with two attached hydrogens (primary N) is 1. The van der Waals surface area contributed by atoms with E-state index in [0.717, 1.165) is 12.2 Å². The van der Waals surface area contributed by atoms with Gasteiger partial charge in [-0.25, -0.2) is 0 Å². The summed E-state index contributed by atoms with van der Waals surface area (Å²) in [5.74, 6) is 1.52. The average molecular weight is 254 g/mol. The van der Waals surface area contributed by atoms with Crippen molar-refractivity contribution >= 4 is 17.3 Å². The third-order valence-corrected chi connectivity index (χ3v) is 3.95.